The van der Waals surface area contributed by atoms with E-state index < -0.39 is 11.7 Å². The molecule has 0 aliphatic carbocycles. The summed E-state index contributed by atoms with van der Waals surface area (Å²) in [5.41, 5.74) is 3.51. The number of fused-ring (bicyclic) bond motifs is 3. The summed E-state index contributed by atoms with van der Waals surface area (Å²) < 4.78 is 37.9. The smallest absolute Gasteiger partial charge is 0.316 e. The van der Waals surface area contributed by atoms with E-state index >= 15 is 0 Å². The second-order valence-electron chi connectivity index (χ2n) is 4.09. The molecule has 0 saturated carbocycles. The van der Waals surface area contributed by atoms with E-state index in [1.54, 1.807) is 0 Å². The van der Waals surface area contributed by atoms with Gasteiger partial charge in [-0.25, -0.2) is 0 Å². The highest BCUT2D eigenvalue weighted by atomic mass is 19.4. The minimum absolute atomic E-state index is 0.0127. The summed E-state index contributed by atoms with van der Waals surface area (Å²) in [4.78, 5) is 1.81. The Hall–Kier alpha value is -0.290. The Kier molecular flexibility index (Phi) is 1.86. The monoisotopic (exact) mass is 194 g/mol. The van der Waals surface area contributed by atoms with Crippen LogP contribution in [0.3, 0.4) is 0 Å². The molecular formula is C8H13F3N2. The number of halogens is 3. The van der Waals surface area contributed by atoms with Gasteiger partial charge in [-0.3, -0.25) is 0 Å². The van der Waals surface area contributed by atoms with E-state index in [1.165, 1.54) is 0 Å². The van der Waals surface area contributed by atoms with Crippen molar-refractivity contribution >= 4 is 0 Å². The highest BCUT2D eigenvalue weighted by Gasteiger charge is 2.60. The van der Waals surface area contributed by atoms with Gasteiger partial charge in [0.15, 0.2) is 0 Å². The Morgan fingerprint density at radius 2 is 1.77 bits per heavy atom. The molecule has 1 atom stereocenters. The van der Waals surface area contributed by atoms with Gasteiger partial charge < -0.3 is 10.6 Å². The third-order valence-electron chi connectivity index (χ3n) is 3.33. The molecule has 76 valence electrons. The van der Waals surface area contributed by atoms with E-state index in [0.29, 0.717) is 12.8 Å². The number of nitrogens with two attached hydrogens (primary N) is 1. The molecule has 0 aromatic rings. The molecule has 3 rings (SSSR count). The fourth-order valence-electron chi connectivity index (χ4n) is 2.43. The molecule has 1 unspecified atom stereocenters. The Balaban J connectivity index is 2.24. The highest BCUT2D eigenvalue weighted by molar-refractivity contribution is 5.06. The summed E-state index contributed by atoms with van der Waals surface area (Å²) in [6.45, 7) is 1.54. The number of piperidine rings is 3. The molecule has 3 aliphatic rings. The highest BCUT2D eigenvalue weighted by Crippen LogP contribution is 2.43. The van der Waals surface area contributed by atoms with E-state index in [1.807, 2.05) is 4.90 Å². The van der Waals surface area contributed by atoms with Gasteiger partial charge >= 0.3 is 6.18 Å². The van der Waals surface area contributed by atoms with Crippen LogP contribution in [0.1, 0.15) is 12.8 Å². The van der Waals surface area contributed by atoms with Crippen molar-refractivity contribution in [3.8, 4) is 0 Å². The Bertz CT molecular complexity index is 208. The van der Waals surface area contributed by atoms with Crippen molar-refractivity contribution in [1.82, 2.24) is 4.90 Å². The zero-order chi connectivity index (χ0) is 9.69. The van der Waals surface area contributed by atoms with Gasteiger partial charge in [0.05, 0.1) is 0 Å². The van der Waals surface area contributed by atoms with E-state index in [2.05, 4.69) is 0 Å². The Morgan fingerprint density at radius 1 is 1.23 bits per heavy atom. The average molecular weight is 194 g/mol. The second-order valence-corrected chi connectivity index (χ2v) is 4.09. The fraction of sp³-hybridized carbons (Fsp3) is 1.00. The largest absolute Gasteiger partial charge is 0.407 e. The first kappa shape index (κ1) is 9.27. The first-order valence-electron chi connectivity index (χ1n) is 4.51. The molecule has 0 aromatic carbocycles. The second kappa shape index (κ2) is 2.60. The summed E-state index contributed by atoms with van der Waals surface area (Å²) >= 11 is 0. The third kappa shape index (κ3) is 1.25. The summed E-state index contributed by atoms with van der Waals surface area (Å²) in [5.74, 6) is -0.363. The number of rotatable bonds is 0. The minimum atomic E-state index is -4.25. The van der Waals surface area contributed by atoms with Gasteiger partial charge in [-0.15, -0.1) is 0 Å². The first-order chi connectivity index (χ1) is 5.93. The van der Waals surface area contributed by atoms with Crippen LogP contribution in [0.25, 0.3) is 0 Å². The van der Waals surface area contributed by atoms with Gasteiger partial charge in [-0.2, -0.15) is 13.2 Å². The van der Waals surface area contributed by atoms with Crippen LogP contribution in [0.5, 0.6) is 0 Å². The van der Waals surface area contributed by atoms with Gasteiger partial charge in [-0.1, -0.05) is 0 Å². The summed E-state index contributed by atoms with van der Waals surface area (Å²) in [6, 6.07) is 0. The summed E-state index contributed by atoms with van der Waals surface area (Å²) in [7, 11) is 0. The molecule has 2 bridgehead atoms. The zero-order valence-corrected chi connectivity index (χ0v) is 7.27. The maximum absolute atomic E-state index is 12.6. The van der Waals surface area contributed by atoms with Crippen molar-refractivity contribution in [3.63, 3.8) is 0 Å². The molecule has 13 heavy (non-hydrogen) atoms. The topological polar surface area (TPSA) is 29.3 Å². The van der Waals surface area contributed by atoms with Crippen LogP contribution in [0.2, 0.25) is 0 Å². The van der Waals surface area contributed by atoms with Gasteiger partial charge in [-0.05, 0) is 31.8 Å². The average Bonchev–Trinajstić information content (AvgIpc) is 2.04. The molecule has 2 nitrogen and oxygen atoms in total. The molecule has 0 amide bonds. The van der Waals surface area contributed by atoms with Crippen molar-refractivity contribution in [2.75, 3.05) is 19.6 Å². The van der Waals surface area contributed by atoms with Crippen molar-refractivity contribution in [2.24, 2.45) is 11.7 Å². The lowest BCUT2D eigenvalue weighted by atomic mass is 9.73. The lowest BCUT2D eigenvalue weighted by Gasteiger charge is -2.51. The molecule has 0 aromatic heterocycles. The Morgan fingerprint density at radius 3 is 2.00 bits per heavy atom. The van der Waals surface area contributed by atoms with Gasteiger partial charge in [0.1, 0.15) is 5.54 Å². The summed E-state index contributed by atoms with van der Waals surface area (Å²) in [5, 5.41) is 0. The van der Waals surface area contributed by atoms with Gasteiger partial charge in [0, 0.05) is 6.54 Å². The lowest BCUT2D eigenvalue weighted by molar-refractivity contribution is -0.225. The van der Waals surface area contributed by atoms with Gasteiger partial charge in [0.2, 0.25) is 0 Å². The normalized spacial score (nSPS) is 45.2. The molecular weight excluding hydrogens is 181 g/mol. The molecule has 3 saturated heterocycles. The molecule has 0 spiro atoms. The summed E-state index contributed by atoms with van der Waals surface area (Å²) in [6.07, 6.45) is -3.07. The van der Waals surface area contributed by atoms with Crippen molar-refractivity contribution < 1.29 is 13.2 Å². The molecule has 3 fully saturated rings. The van der Waals surface area contributed by atoms with Crippen LogP contribution in [0.15, 0.2) is 0 Å². The lowest BCUT2D eigenvalue weighted by Crippen LogP contribution is -2.70. The first-order valence-corrected chi connectivity index (χ1v) is 4.51. The number of nitrogens with zero attached hydrogens (tertiary/aromatic N) is 1. The van der Waals surface area contributed by atoms with Crippen LogP contribution < -0.4 is 5.73 Å². The molecule has 3 heterocycles. The van der Waals surface area contributed by atoms with Crippen molar-refractivity contribution in [2.45, 2.75) is 24.6 Å². The SMILES string of the molecule is NC1(C(F)(F)F)CN2CCC1CC2. The van der Waals surface area contributed by atoms with E-state index in [0.717, 1.165) is 13.1 Å². The van der Waals surface area contributed by atoms with Crippen LogP contribution in [-0.2, 0) is 0 Å². The standard InChI is InChI=1S/C8H13F3N2/c9-8(10,11)7(12)5-13-3-1-6(7)2-4-13/h6H,1-5,12H2. The van der Waals surface area contributed by atoms with Crippen molar-refractivity contribution in [1.29, 1.82) is 0 Å². The van der Waals surface area contributed by atoms with E-state index in [-0.39, 0.29) is 12.5 Å². The molecule has 3 aliphatic heterocycles. The maximum Gasteiger partial charge on any atom is 0.407 e. The molecule has 5 heteroatoms. The zero-order valence-electron chi connectivity index (χ0n) is 7.27. The Labute approximate surface area is 74.9 Å². The fourth-order valence-corrected chi connectivity index (χ4v) is 2.43. The van der Waals surface area contributed by atoms with Crippen LogP contribution >= 0.6 is 0 Å². The molecule has 2 N–H and O–H groups in total. The van der Waals surface area contributed by atoms with Crippen LogP contribution in [-0.4, -0.2) is 36.2 Å². The molecule has 0 radical (unpaired) electrons. The van der Waals surface area contributed by atoms with E-state index in [4.69, 9.17) is 5.73 Å². The number of hydrogen-bond acceptors (Lipinski definition) is 2. The predicted molar refractivity (Wildman–Crippen MR) is 42.1 cm³/mol. The van der Waals surface area contributed by atoms with Crippen molar-refractivity contribution in [3.05, 3.63) is 0 Å². The third-order valence-corrected chi connectivity index (χ3v) is 3.33. The number of hydrogen-bond donors (Lipinski definition) is 1. The van der Waals surface area contributed by atoms with Gasteiger partial charge in [0.25, 0.3) is 0 Å². The minimum Gasteiger partial charge on any atom is -0.316 e. The maximum atomic E-state index is 12.6. The van der Waals surface area contributed by atoms with Crippen LogP contribution in [0, 0.1) is 5.92 Å². The number of alkyl halides is 3. The predicted octanol–water partition coefficient (Wildman–Crippen LogP) is 0.972. The van der Waals surface area contributed by atoms with Crippen LogP contribution in [0.4, 0.5) is 13.2 Å². The quantitative estimate of drug-likeness (QED) is 0.622. The van der Waals surface area contributed by atoms with E-state index in [9.17, 15) is 13.2 Å².